The second-order valence-corrected chi connectivity index (χ2v) is 8.89. The van der Waals surface area contributed by atoms with Gasteiger partial charge in [0.15, 0.2) is 15.0 Å². The fraction of sp³-hybridized carbons (Fsp3) is 0.615. The molecule has 1 aliphatic rings. The topological polar surface area (TPSA) is 117 Å². The van der Waals surface area contributed by atoms with Gasteiger partial charge in [0.05, 0.1) is 11.5 Å². The van der Waals surface area contributed by atoms with Gasteiger partial charge in [-0.05, 0) is 12.3 Å². The van der Waals surface area contributed by atoms with Crippen LogP contribution in [-0.4, -0.2) is 48.9 Å². The standard InChI is InChI=1S/C13H20N4O4S2/c1-8(2)10(11(18)17-13-14-4-5-22-13)16-12(19)15-9-3-6-23(20,21)7-9/h4-5,8-10H,3,6-7H2,1-2H3,(H,14,17,18)(H2,15,16,19)/t9?,10-/m0/s1. The molecule has 0 bridgehead atoms. The summed E-state index contributed by atoms with van der Waals surface area (Å²) >= 11 is 1.29. The number of carbonyl (C=O) groups is 2. The Morgan fingerprint density at radius 3 is 2.65 bits per heavy atom. The molecule has 128 valence electrons. The van der Waals surface area contributed by atoms with E-state index in [-0.39, 0.29) is 23.3 Å². The Hall–Kier alpha value is -1.68. The van der Waals surface area contributed by atoms with E-state index in [1.54, 1.807) is 11.6 Å². The fourth-order valence-corrected chi connectivity index (χ4v) is 4.49. The van der Waals surface area contributed by atoms with Crippen LogP contribution in [0.15, 0.2) is 11.6 Å². The molecular formula is C13H20N4O4S2. The second kappa shape index (κ2) is 7.26. The molecule has 1 aliphatic heterocycles. The highest BCUT2D eigenvalue weighted by Gasteiger charge is 2.30. The molecule has 0 aromatic carbocycles. The van der Waals surface area contributed by atoms with Gasteiger partial charge in [0.25, 0.3) is 0 Å². The molecule has 1 unspecified atom stereocenters. The molecule has 1 aromatic rings. The molecule has 3 N–H and O–H groups in total. The summed E-state index contributed by atoms with van der Waals surface area (Å²) in [6, 6.07) is -1.69. The number of rotatable bonds is 5. The minimum atomic E-state index is -3.07. The van der Waals surface area contributed by atoms with Crippen molar-refractivity contribution in [2.75, 3.05) is 16.8 Å². The van der Waals surface area contributed by atoms with Crippen LogP contribution in [0.25, 0.3) is 0 Å². The summed E-state index contributed by atoms with van der Waals surface area (Å²) in [7, 11) is -3.07. The third-order valence-electron chi connectivity index (χ3n) is 3.47. The first-order valence-corrected chi connectivity index (χ1v) is 9.95. The molecule has 0 aliphatic carbocycles. The fourth-order valence-electron chi connectivity index (χ4n) is 2.28. The Balaban J connectivity index is 1.91. The first kappa shape index (κ1) is 17.7. The van der Waals surface area contributed by atoms with Crippen molar-refractivity contribution in [3.05, 3.63) is 11.6 Å². The van der Waals surface area contributed by atoms with E-state index in [1.807, 2.05) is 13.8 Å². The van der Waals surface area contributed by atoms with Gasteiger partial charge in [-0.3, -0.25) is 4.79 Å². The van der Waals surface area contributed by atoms with E-state index in [1.165, 1.54) is 11.3 Å². The van der Waals surface area contributed by atoms with E-state index >= 15 is 0 Å². The zero-order chi connectivity index (χ0) is 17.0. The Morgan fingerprint density at radius 1 is 1.39 bits per heavy atom. The molecule has 2 atom stereocenters. The lowest BCUT2D eigenvalue weighted by Crippen LogP contribution is -2.52. The number of hydrogen-bond acceptors (Lipinski definition) is 6. The molecule has 1 saturated heterocycles. The van der Waals surface area contributed by atoms with Gasteiger partial charge in [0, 0.05) is 17.6 Å². The molecule has 8 nitrogen and oxygen atoms in total. The number of hydrogen-bond donors (Lipinski definition) is 3. The lowest BCUT2D eigenvalue weighted by molar-refractivity contribution is -0.118. The van der Waals surface area contributed by atoms with Crippen molar-refractivity contribution < 1.29 is 18.0 Å². The van der Waals surface area contributed by atoms with Gasteiger partial charge in [-0.15, -0.1) is 11.3 Å². The van der Waals surface area contributed by atoms with Gasteiger partial charge >= 0.3 is 6.03 Å². The molecule has 2 rings (SSSR count). The smallest absolute Gasteiger partial charge is 0.315 e. The van der Waals surface area contributed by atoms with Gasteiger partial charge in [0.2, 0.25) is 5.91 Å². The first-order chi connectivity index (χ1) is 10.8. The summed E-state index contributed by atoms with van der Waals surface area (Å²) in [6.45, 7) is 3.62. The van der Waals surface area contributed by atoms with Crippen LogP contribution in [0.4, 0.5) is 9.93 Å². The third kappa shape index (κ3) is 5.17. The van der Waals surface area contributed by atoms with Crippen LogP contribution in [0.1, 0.15) is 20.3 Å². The van der Waals surface area contributed by atoms with Crippen molar-refractivity contribution in [1.82, 2.24) is 15.6 Å². The first-order valence-electron chi connectivity index (χ1n) is 7.24. The molecular weight excluding hydrogens is 340 g/mol. The van der Waals surface area contributed by atoms with Crippen LogP contribution in [0.5, 0.6) is 0 Å². The number of aromatic nitrogens is 1. The number of thiazole rings is 1. The summed E-state index contributed by atoms with van der Waals surface area (Å²) in [4.78, 5) is 28.2. The monoisotopic (exact) mass is 360 g/mol. The highest BCUT2D eigenvalue weighted by molar-refractivity contribution is 7.91. The Morgan fingerprint density at radius 2 is 2.13 bits per heavy atom. The molecule has 10 heteroatoms. The quantitative estimate of drug-likeness (QED) is 0.710. The van der Waals surface area contributed by atoms with Gasteiger partial charge in [0.1, 0.15) is 6.04 Å². The van der Waals surface area contributed by atoms with E-state index in [2.05, 4.69) is 20.9 Å². The SMILES string of the molecule is CC(C)[C@H](NC(=O)NC1CCS(=O)(=O)C1)C(=O)Nc1nccs1. The number of sulfone groups is 1. The van der Waals surface area contributed by atoms with Crippen molar-refractivity contribution in [1.29, 1.82) is 0 Å². The number of urea groups is 1. The van der Waals surface area contributed by atoms with E-state index in [0.29, 0.717) is 11.6 Å². The lowest BCUT2D eigenvalue weighted by atomic mass is 10.0. The molecule has 3 amide bonds. The zero-order valence-electron chi connectivity index (χ0n) is 12.9. The molecule has 0 spiro atoms. The predicted molar refractivity (Wildman–Crippen MR) is 88.1 cm³/mol. The zero-order valence-corrected chi connectivity index (χ0v) is 14.5. The lowest BCUT2D eigenvalue weighted by Gasteiger charge is -2.22. The van der Waals surface area contributed by atoms with Crippen LogP contribution < -0.4 is 16.0 Å². The van der Waals surface area contributed by atoms with E-state index in [4.69, 9.17) is 0 Å². The Kier molecular flexibility index (Phi) is 5.58. The van der Waals surface area contributed by atoms with Crippen LogP contribution in [0.3, 0.4) is 0 Å². The van der Waals surface area contributed by atoms with Crippen LogP contribution >= 0.6 is 11.3 Å². The summed E-state index contributed by atoms with van der Waals surface area (Å²) in [5, 5.41) is 10.1. The second-order valence-electron chi connectivity index (χ2n) is 5.77. The minimum Gasteiger partial charge on any atom is -0.334 e. The van der Waals surface area contributed by atoms with Crippen molar-refractivity contribution in [2.24, 2.45) is 5.92 Å². The number of nitrogens with zero attached hydrogens (tertiary/aromatic N) is 1. The van der Waals surface area contributed by atoms with Gasteiger partial charge in [-0.25, -0.2) is 18.2 Å². The maximum Gasteiger partial charge on any atom is 0.315 e. The number of anilines is 1. The Labute approximate surface area is 139 Å². The largest absolute Gasteiger partial charge is 0.334 e. The summed E-state index contributed by atoms with van der Waals surface area (Å²) in [5.41, 5.74) is 0. The maximum absolute atomic E-state index is 12.2. The predicted octanol–water partition coefficient (Wildman–Crippen LogP) is 0.592. The van der Waals surface area contributed by atoms with Crippen molar-refractivity contribution in [2.45, 2.75) is 32.4 Å². The average Bonchev–Trinajstić information content (AvgIpc) is 3.05. The molecule has 1 aromatic heterocycles. The maximum atomic E-state index is 12.2. The van der Waals surface area contributed by atoms with Gasteiger partial charge in [-0.1, -0.05) is 13.8 Å². The molecule has 0 radical (unpaired) electrons. The van der Waals surface area contributed by atoms with Crippen LogP contribution in [-0.2, 0) is 14.6 Å². The number of amides is 3. The summed E-state index contributed by atoms with van der Waals surface area (Å²) in [6.07, 6.45) is 1.97. The van der Waals surface area contributed by atoms with E-state index < -0.39 is 28.0 Å². The van der Waals surface area contributed by atoms with E-state index in [0.717, 1.165) is 0 Å². The molecule has 1 fully saturated rings. The highest BCUT2D eigenvalue weighted by Crippen LogP contribution is 2.13. The third-order valence-corrected chi connectivity index (χ3v) is 5.92. The summed E-state index contributed by atoms with van der Waals surface area (Å²) in [5.74, 6) is -0.467. The Bertz CT molecular complexity index is 658. The van der Waals surface area contributed by atoms with Gasteiger partial charge < -0.3 is 16.0 Å². The highest BCUT2D eigenvalue weighted by atomic mass is 32.2. The normalized spacial score (nSPS) is 20.9. The molecule has 23 heavy (non-hydrogen) atoms. The minimum absolute atomic E-state index is 0.0575. The average molecular weight is 360 g/mol. The van der Waals surface area contributed by atoms with Crippen LogP contribution in [0.2, 0.25) is 0 Å². The number of carbonyl (C=O) groups excluding carboxylic acids is 2. The number of nitrogens with one attached hydrogen (secondary N) is 3. The molecule has 0 saturated carbocycles. The van der Waals surface area contributed by atoms with Crippen molar-refractivity contribution in [3.63, 3.8) is 0 Å². The van der Waals surface area contributed by atoms with Crippen LogP contribution in [0, 0.1) is 5.92 Å². The summed E-state index contributed by atoms with van der Waals surface area (Å²) < 4.78 is 22.8. The van der Waals surface area contributed by atoms with Gasteiger partial charge in [-0.2, -0.15) is 0 Å². The molecule has 2 heterocycles. The van der Waals surface area contributed by atoms with E-state index in [9.17, 15) is 18.0 Å². The van der Waals surface area contributed by atoms with Crippen molar-refractivity contribution >= 4 is 38.2 Å². The van der Waals surface area contributed by atoms with Crippen molar-refractivity contribution in [3.8, 4) is 0 Å².